The third-order valence-electron chi connectivity index (χ3n) is 3.74. The van der Waals surface area contributed by atoms with E-state index in [9.17, 15) is 18.9 Å². The van der Waals surface area contributed by atoms with Gasteiger partial charge in [-0.2, -0.15) is 0 Å². The molecule has 1 aliphatic heterocycles. The highest BCUT2D eigenvalue weighted by Crippen LogP contribution is 2.37. The van der Waals surface area contributed by atoms with Crippen molar-refractivity contribution in [3.8, 4) is 0 Å². The molecule has 5 nitrogen and oxygen atoms in total. The van der Waals surface area contributed by atoms with Gasteiger partial charge in [0.15, 0.2) is 0 Å². The number of aromatic nitrogens is 1. The van der Waals surface area contributed by atoms with Crippen molar-refractivity contribution in [3.05, 3.63) is 57.8 Å². The number of hydrogen-bond donors (Lipinski definition) is 1. The summed E-state index contributed by atoms with van der Waals surface area (Å²) in [6, 6.07) is 4.47. The summed E-state index contributed by atoms with van der Waals surface area (Å²) in [6.07, 6.45) is 2.78. The van der Waals surface area contributed by atoms with Gasteiger partial charge in [-0.05, 0) is 31.0 Å². The predicted octanol–water partition coefficient (Wildman–Crippen LogP) is 3.54. The Labute approximate surface area is 119 Å². The Morgan fingerprint density at radius 2 is 2.14 bits per heavy atom. The molecule has 0 bridgehead atoms. The van der Waals surface area contributed by atoms with E-state index in [2.05, 4.69) is 4.98 Å². The number of hydrogen-bond acceptors (Lipinski definition) is 3. The maximum absolute atomic E-state index is 13.9. The maximum atomic E-state index is 13.9. The number of nitro groups is 1. The molecular formula is C14H13F2N3O2. The Bertz CT molecular complexity index is 687. The second kappa shape index (κ2) is 5.16. The van der Waals surface area contributed by atoms with Crippen molar-refractivity contribution in [1.29, 1.82) is 0 Å². The molecule has 2 heterocycles. The number of nitrogens with one attached hydrogen (secondary N) is 1. The Morgan fingerprint density at radius 3 is 2.86 bits per heavy atom. The summed E-state index contributed by atoms with van der Waals surface area (Å²) in [5.41, 5.74) is 0.236. The fraction of sp³-hybridized carbons (Fsp3) is 0.286. The van der Waals surface area contributed by atoms with Gasteiger partial charge >= 0.3 is 0 Å². The minimum Gasteiger partial charge on any atom is -0.351 e. The van der Waals surface area contributed by atoms with E-state index in [-0.39, 0.29) is 17.3 Å². The molecule has 0 aliphatic carbocycles. The predicted molar refractivity (Wildman–Crippen MR) is 73.1 cm³/mol. The molecule has 1 fully saturated rings. The molecule has 0 amide bonds. The van der Waals surface area contributed by atoms with E-state index in [1.165, 1.54) is 18.3 Å². The second-order valence-electron chi connectivity index (χ2n) is 5.02. The van der Waals surface area contributed by atoms with Crippen molar-refractivity contribution < 1.29 is 13.7 Å². The molecule has 21 heavy (non-hydrogen) atoms. The largest absolute Gasteiger partial charge is 0.351 e. The molecule has 1 aliphatic rings. The minimum absolute atomic E-state index is 0.0460. The van der Waals surface area contributed by atoms with Crippen LogP contribution < -0.4 is 4.90 Å². The van der Waals surface area contributed by atoms with Crippen LogP contribution in [0.25, 0.3) is 0 Å². The summed E-state index contributed by atoms with van der Waals surface area (Å²) >= 11 is 0. The first-order valence-corrected chi connectivity index (χ1v) is 6.60. The molecule has 2 aromatic rings. The van der Waals surface area contributed by atoms with Crippen LogP contribution >= 0.6 is 0 Å². The van der Waals surface area contributed by atoms with E-state index in [4.69, 9.17) is 0 Å². The summed E-state index contributed by atoms with van der Waals surface area (Å²) in [5, 5.41) is 10.7. The van der Waals surface area contributed by atoms with Crippen molar-refractivity contribution in [2.24, 2.45) is 0 Å². The summed E-state index contributed by atoms with van der Waals surface area (Å²) in [4.78, 5) is 14.9. The Balaban J connectivity index is 1.94. The molecular weight excluding hydrogens is 280 g/mol. The first kappa shape index (κ1) is 13.5. The van der Waals surface area contributed by atoms with E-state index in [1.807, 2.05) is 4.90 Å². The van der Waals surface area contributed by atoms with Gasteiger partial charge in [0.05, 0.1) is 23.2 Å². The van der Waals surface area contributed by atoms with Gasteiger partial charge in [0.2, 0.25) is 0 Å². The molecule has 0 unspecified atom stereocenters. The fourth-order valence-corrected chi connectivity index (χ4v) is 2.79. The van der Waals surface area contributed by atoms with E-state index in [1.54, 1.807) is 0 Å². The van der Waals surface area contributed by atoms with E-state index in [0.717, 1.165) is 18.6 Å². The quantitative estimate of drug-likeness (QED) is 0.695. The Morgan fingerprint density at radius 1 is 1.33 bits per heavy atom. The molecule has 0 radical (unpaired) electrons. The van der Waals surface area contributed by atoms with Crippen molar-refractivity contribution >= 4 is 11.5 Å². The number of rotatable bonds is 3. The highest BCUT2D eigenvalue weighted by Gasteiger charge is 2.30. The molecule has 1 aromatic heterocycles. The van der Waals surface area contributed by atoms with E-state index < -0.39 is 16.6 Å². The van der Waals surface area contributed by atoms with Crippen molar-refractivity contribution in [2.75, 3.05) is 11.4 Å². The molecule has 3 rings (SSSR count). The average Bonchev–Trinajstić information content (AvgIpc) is 3.08. The first-order valence-electron chi connectivity index (χ1n) is 6.60. The number of H-pyrrole nitrogens is 1. The Kier molecular flexibility index (Phi) is 3.32. The molecule has 1 saturated heterocycles. The van der Waals surface area contributed by atoms with Crippen LogP contribution in [0.1, 0.15) is 24.4 Å². The summed E-state index contributed by atoms with van der Waals surface area (Å²) in [5.74, 6) is -0.405. The number of halogens is 2. The van der Waals surface area contributed by atoms with Crippen molar-refractivity contribution in [3.63, 3.8) is 0 Å². The van der Waals surface area contributed by atoms with Gasteiger partial charge < -0.3 is 9.88 Å². The van der Waals surface area contributed by atoms with E-state index in [0.29, 0.717) is 18.8 Å². The zero-order valence-electron chi connectivity index (χ0n) is 11.1. The van der Waals surface area contributed by atoms with Crippen molar-refractivity contribution in [2.45, 2.75) is 18.9 Å². The van der Waals surface area contributed by atoms with Crippen LogP contribution in [0.15, 0.2) is 30.5 Å². The number of anilines is 1. The van der Waals surface area contributed by atoms with Gasteiger partial charge in [0.25, 0.3) is 5.69 Å². The molecule has 0 spiro atoms. The SMILES string of the molecule is O=[N+]([O-])c1c[nH]c(N2CCC[C@@H]2c2cc(F)ccc2F)c1. The molecule has 1 N–H and O–H groups in total. The fourth-order valence-electron chi connectivity index (χ4n) is 2.79. The molecule has 110 valence electrons. The average molecular weight is 293 g/mol. The summed E-state index contributed by atoms with van der Waals surface area (Å²) in [7, 11) is 0. The number of nitrogens with zero attached hydrogens (tertiary/aromatic N) is 2. The lowest BCUT2D eigenvalue weighted by Crippen LogP contribution is -2.23. The lowest BCUT2D eigenvalue weighted by atomic mass is 10.0. The van der Waals surface area contributed by atoms with Gasteiger partial charge in [0.1, 0.15) is 17.5 Å². The van der Waals surface area contributed by atoms with Crippen LogP contribution in [0.2, 0.25) is 0 Å². The number of aromatic amines is 1. The van der Waals surface area contributed by atoms with Crippen LogP contribution in [0.4, 0.5) is 20.3 Å². The first-order chi connectivity index (χ1) is 10.1. The third kappa shape index (κ3) is 2.46. The zero-order chi connectivity index (χ0) is 15.0. The zero-order valence-corrected chi connectivity index (χ0v) is 11.1. The second-order valence-corrected chi connectivity index (χ2v) is 5.02. The third-order valence-corrected chi connectivity index (χ3v) is 3.74. The van der Waals surface area contributed by atoms with Gasteiger partial charge in [-0.3, -0.25) is 10.1 Å². The molecule has 1 atom stereocenters. The summed E-state index contributed by atoms with van der Waals surface area (Å²) in [6.45, 7) is 0.637. The van der Waals surface area contributed by atoms with E-state index >= 15 is 0 Å². The van der Waals surface area contributed by atoms with Gasteiger partial charge in [0, 0.05) is 12.1 Å². The monoisotopic (exact) mass is 293 g/mol. The standard InChI is InChI=1S/C14H13F2N3O2/c15-9-3-4-12(16)11(6-9)13-2-1-5-18(13)14-7-10(8-17-14)19(20)21/h3-4,6-8,13,17H,1-2,5H2/t13-/m1/s1. The van der Waals surface area contributed by atoms with Crippen LogP contribution in [-0.4, -0.2) is 16.5 Å². The van der Waals surface area contributed by atoms with Crippen molar-refractivity contribution in [1.82, 2.24) is 4.98 Å². The van der Waals surface area contributed by atoms with Gasteiger partial charge in [-0.25, -0.2) is 8.78 Å². The number of benzene rings is 1. The van der Waals surface area contributed by atoms with Crippen LogP contribution in [-0.2, 0) is 0 Å². The topological polar surface area (TPSA) is 62.2 Å². The van der Waals surface area contributed by atoms with Crippen LogP contribution in [0, 0.1) is 21.7 Å². The van der Waals surface area contributed by atoms with Gasteiger partial charge in [-0.15, -0.1) is 0 Å². The highest BCUT2D eigenvalue weighted by atomic mass is 19.1. The molecule has 0 saturated carbocycles. The molecule has 7 heteroatoms. The van der Waals surface area contributed by atoms with Gasteiger partial charge in [-0.1, -0.05) is 0 Å². The lowest BCUT2D eigenvalue weighted by molar-refractivity contribution is -0.384. The van der Waals surface area contributed by atoms with Crippen LogP contribution in [0.5, 0.6) is 0 Å². The highest BCUT2D eigenvalue weighted by molar-refractivity contribution is 5.51. The smallest absolute Gasteiger partial charge is 0.288 e. The maximum Gasteiger partial charge on any atom is 0.288 e. The summed E-state index contributed by atoms with van der Waals surface area (Å²) < 4.78 is 27.3. The minimum atomic E-state index is -0.492. The Hall–Kier alpha value is -2.44. The molecule has 1 aromatic carbocycles. The normalized spacial score (nSPS) is 18.2. The lowest BCUT2D eigenvalue weighted by Gasteiger charge is -2.25. The van der Waals surface area contributed by atoms with Crippen LogP contribution in [0.3, 0.4) is 0 Å².